The highest BCUT2D eigenvalue weighted by Gasteiger charge is 2.39. The van der Waals surface area contributed by atoms with Gasteiger partial charge in [-0.3, -0.25) is 9.89 Å². The van der Waals surface area contributed by atoms with Crippen LogP contribution in [-0.4, -0.2) is 61.2 Å². The first-order valence-electron chi connectivity index (χ1n) is 11.6. The van der Waals surface area contributed by atoms with Gasteiger partial charge < -0.3 is 10.2 Å². The molecule has 8 nitrogen and oxygen atoms in total. The standard InChI is InChI=1S/C25H27N7O/c1-31-19-8-9-20(31)13-18(12-19)26-25(33)24-21-11-17(7-10-22(21)27-29-24)23-15-32(30-28-23)14-16-5-3-2-4-6-16/h2-7,10-11,15,18-20H,8-9,12-14H2,1H3,(H,26,33)(H,27,29)/t18?,19-,20+. The number of nitrogens with zero attached hydrogens (tertiary/aromatic N) is 5. The van der Waals surface area contributed by atoms with Crippen LogP contribution >= 0.6 is 0 Å². The van der Waals surface area contributed by atoms with Crippen LogP contribution in [0.3, 0.4) is 0 Å². The van der Waals surface area contributed by atoms with E-state index >= 15 is 0 Å². The van der Waals surface area contributed by atoms with Crippen LogP contribution in [0.25, 0.3) is 22.2 Å². The Kier molecular flexibility index (Phi) is 4.95. The molecule has 0 saturated carbocycles. The molecule has 2 saturated heterocycles. The highest BCUT2D eigenvalue weighted by Crippen LogP contribution is 2.34. The second kappa shape index (κ2) is 8.12. The van der Waals surface area contributed by atoms with Crippen LogP contribution in [0.1, 0.15) is 41.7 Å². The van der Waals surface area contributed by atoms with Crippen molar-refractivity contribution in [1.82, 2.24) is 35.4 Å². The van der Waals surface area contributed by atoms with Crippen molar-refractivity contribution in [2.24, 2.45) is 0 Å². The molecule has 168 valence electrons. The Morgan fingerprint density at radius 1 is 1.12 bits per heavy atom. The third-order valence-electron chi connectivity index (χ3n) is 7.23. The maximum Gasteiger partial charge on any atom is 0.272 e. The fraction of sp³-hybridized carbons (Fsp3) is 0.360. The minimum atomic E-state index is -0.111. The normalized spacial score (nSPS) is 22.6. The molecule has 2 N–H and O–H groups in total. The number of rotatable bonds is 5. The second-order valence-corrected chi connectivity index (χ2v) is 9.31. The molecule has 0 spiro atoms. The van der Waals surface area contributed by atoms with Gasteiger partial charge in [0.2, 0.25) is 0 Å². The molecule has 2 bridgehead atoms. The Bertz CT molecular complexity index is 1280. The van der Waals surface area contributed by atoms with Crippen molar-refractivity contribution in [3.05, 3.63) is 66.0 Å². The number of hydrogen-bond donors (Lipinski definition) is 2. The van der Waals surface area contributed by atoms with Gasteiger partial charge in [0, 0.05) is 29.1 Å². The zero-order valence-electron chi connectivity index (χ0n) is 18.6. The smallest absolute Gasteiger partial charge is 0.272 e. The fourth-order valence-electron chi connectivity index (χ4n) is 5.41. The quantitative estimate of drug-likeness (QED) is 0.496. The van der Waals surface area contributed by atoms with E-state index in [1.807, 2.05) is 47.3 Å². The van der Waals surface area contributed by atoms with Gasteiger partial charge in [0.05, 0.1) is 18.3 Å². The fourth-order valence-corrected chi connectivity index (χ4v) is 5.41. The van der Waals surface area contributed by atoms with Crippen molar-refractivity contribution >= 4 is 16.8 Å². The predicted octanol–water partition coefficient (Wildman–Crippen LogP) is 3.22. The molecule has 33 heavy (non-hydrogen) atoms. The van der Waals surface area contributed by atoms with Crippen LogP contribution in [0, 0.1) is 0 Å². The summed E-state index contributed by atoms with van der Waals surface area (Å²) in [6, 6.07) is 17.4. The largest absolute Gasteiger partial charge is 0.348 e. The highest BCUT2D eigenvalue weighted by molar-refractivity contribution is 6.05. The Morgan fingerprint density at radius 3 is 2.70 bits per heavy atom. The van der Waals surface area contributed by atoms with E-state index < -0.39 is 0 Å². The lowest BCUT2D eigenvalue weighted by atomic mass is 9.97. The van der Waals surface area contributed by atoms with Gasteiger partial charge >= 0.3 is 0 Å². The van der Waals surface area contributed by atoms with Crippen molar-refractivity contribution in [3.63, 3.8) is 0 Å². The molecule has 2 fully saturated rings. The van der Waals surface area contributed by atoms with Gasteiger partial charge in [0.1, 0.15) is 5.69 Å². The van der Waals surface area contributed by atoms with Crippen molar-refractivity contribution in [2.75, 3.05) is 7.05 Å². The van der Waals surface area contributed by atoms with Crippen molar-refractivity contribution in [1.29, 1.82) is 0 Å². The predicted molar refractivity (Wildman–Crippen MR) is 126 cm³/mol. The maximum absolute atomic E-state index is 13.1. The summed E-state index contributed by atoms with van der Waals surface area (Å²) in [7, 11) is 2.21. The molecule has 2 aliphatic heterocycles. The van der Waals surface area contributed by atoms with E-state index in [0.29, 0.717) is 24.3 Å². The number of fused-ring (bicyclic) bond motifs is 3. The average molecular weight is 442 g/mol. The summed E-state index contributed by atoms with van der Waals surface area (Å²) in [5.41, 5.74) is 4.13. The van der Waals surface area contributed by atoms with Gasteiger partial charge in [-0.1, -0.05) is 41.6 Å². The molecule has 2 aliphatic rings. The van der Waals surface area contributed by atoms with Crippen LogP contribution < -0.4 is 5.32 Å². The van der Waals surface area contributed by atoms with Gasteiger partial charge in [-0.2, -0.15) is 5.10 Å². The molecule has 8 heteroatoms. The lowest BCUT2D eigenvalue weighted by molar-refractivity contribution is 0.0879. The summed E-state index contributed by atoms with van der Waals surface area (Å²) in [4.78, 5) is 15.6. The number of aromatic nitrogens is 5. The van der Waals surface area contributed by atoms with Crippen LogP contribution in [0.15, 0.2) is 54.7 Å². The maximum atomic E-state index is 13.1. The van der Waals surface area contributed by atoms with Gasteiger partial charge in [-0.15, -0.1) is 5.10 Å². The van der Waals surface area contributed by atoms with Crippen molar-refractivity contribution in [2.45, 2.75) is 50.4 Å². The third-order valence-corrected chi connectivity index (χ3v) is 7.23. The molecule has 0 aliphatic carbocycles. The minimum Gasteiger partial charge on any atom is -0.348 e. The summed E-state index contributed by atoms with van der Waals surface area (Å²) in [5.74, 6) is -0.111. The molecule has 4 heterocycles. The molecule has 1 amide bonds. The molecule has 3 atom stereocenters. The van der Waals surface area contributed by atoms with Gasteiger partial charge in [0.15, 0.2) is 5.69 Å². The zero-order chi connectivity index (χ0) is 22.4. The average Bonchev–Trinajstić information content (AvgIpc) is 3.51. The number of piperidine rings is 1. The molecule has 6 rings (SSSR count). The molecule has 2 aromatic heterocycles. The van der Waals surface area contributed by atoms with E-state index in [0.717, 1.165) is 35.0 Å². The van der Waals surface area contributed by atoms with Crippen LogP contribution in [-0.2, 0) is 6.54 Å². The Balaban J connectivity index is 1.22. The Hall–Kier alpha value is -3.52. The summed E-state index contributed by atoms with van der Waals surface area (Å²) in [6.07, 6.45) is 6.41. The number of benzene rings is 2. The SMILES string of the molecule is CN1[C@@H]2CC[C@H]1CC(NC(=O)c1n[nH]c3ccc(-c4cn(Cc5ccccc5)nn4)cc13)C2. The van der Waals surface area contributed by atoms with Gasteiger partial charge in [-0.25, -0.2) is 4.68 Å². The zero-order valence-corrected chi connectivity index (χ0v) is 18.6. The van der Waals surface area contributed by atoms with E-state index in [1.54, 1.807) is 0 Å². The lowest BCUT2D eigenvalue weighted by Gasteiger charge is -2.36. The van der Waals surface area contributed by atoms with E-state index in [-0.39, 0.29) is 11.9 Å². The molecule has 2 aromatic carbocycles. The number of hydrogen-bond acceptors (Lipinski definition) is 5. The van der Waals surface area contributed by atoms with E-state index in [1.165, 1.54) is 18.4 Å². The summed E-state index contributed by atoms with van der Waals surface area (Å²) in [5, 5.41) is 20.0. The van der Waals surface area contributed by atoms with Crippen molar-refractivity contribution in [3.8, 4) is 11.3 Å². The number of nitrogens with one attached hydrogen (secondary N) is 2. The van der Waals surface area contributed by atoms with Crippen molar-refractivity contribution < 1.29 is 4.79 Å². The molecular formula is C25H27N7O. The van der Waals surface area contributed by atoms with Crippen LogP contribution in [0.5, 0.6) is 0 Å². The number of aromatic amines is 1. The lowest BCUT2D eigenvalue weighted by Crippen LogP contribution is -2.48. The van der Waals surface area contributed by atoms with E-state index in [2.05, 4.69) is 49.9 Å². The second-order valence-electron chi connectivity index (χ2n) is 9.31. The first-order valence-corrected chi connectivity index (χ1v) is 11.6. The monoisotopic (exact) mass is 441 g/mol. The molecule has 4 aromatic rings. The number of amides is 1. The Labute approximate surface area is 192 Å². The minimum absolute atomic E-state index is 0.111. The summed E-state index contributed by atoms with van der Waals surface area (Å²) in [6.45, 7) is 0.661. The molecule has 0 radical (unpaired) electrons. The molecular weight excluding hydrogens is 414 g/mol. The summed E-state index contributed by atoms with van der Waals surface area (Å²) < 4.78 is 1.83. The van der Waals surface area contributed by atoms with Crippen LogP contribution in [0.2, 0.25) is 0 Å². The topological polar surface area (TPSA) is 91.7 Å². The summed E-state index contributed by atoms with van der Waals surface area (Å²) >= 11 is 0. The molecule has 1 unspecified atom stereocenters. The first kappa shape index (κ1) is 20.1. The number of carbonyl (C=O) groups excluding carboxylic acids is 1. The third kappa shape index (κ3) is 3.80. The van der Waals surface area contributed by atoms with E-state index in [4.69, 9.17) is 0 Å². The van der Waals surface area contributed by atoms with Gasteiger partial charge in [0.25, 0.3) is 5.91 Å². The Morgan fingerprint density at radius 2 is 1.91 bits per heavy atom. The van der Waals surface area contributed by atoms with Gasteiger partial charge in [-0.05, 0) is 50.4 Å². The highest BCUT2D eigenvalue weighted by atomic mass is 16.2. The first-order chi connectivity index (χ1) is 16.1. The van der Waals surface area contributed by atoms with E-state index in [9.17, 15) is 4.79 Å². The van der Waals surface area contributed by atoms with Crippen LogP contribution in [0.4, 0.5) is 0 Å². The number of carbonyl (C=O) groups is 1. The number of H-pyrrole nitrogens is 1.